The molecule has 3 saturated carbocycles. The summed E-state index contributed by atoms with van der Waals surface area (Å²) in [5.74, 6) is 3.41. The summed E-state index contributed by atoms with van der Waals surface area (Å²) in [5.41, 5.74) is 2.98. The number of rotatable bonds is 13. The lowest BCUT2D eigenvalue weighted by molar-refractivity contribution is -0.148. The zero-order valence-corrected chi connectivity index (χ0v) is 28.2. The lowest BCUT2D eigenvalue weighted by Crippen LogP contribution is -2.54. The van der Waals surface area contributed by atoms with Crippen molar-refractivity contribution in [2.24, 2.45) is 51.5 Å². The van der Waals surface area contributed by atoms with Gasteiger partial charge in [-0.2, -0.15) is 0 Å². The highest BCUT2D eigenvalue weighted by Gasteiger charge is 2.61. The highest BCUT2D eigenvalue weighted by molar-refractivity contribution is 5.99. The average Bonchev–Trinajstić information content (AvgIpc) is 3.29. The number of unbranched alkanes of at least 4 members (excludes halogenated alkanes) is 1. The number of carbonyl (C=O) groups excluding carboxylic acids is 2. The molecule has 0 heterocycles. The Labute approximate surface area is 261 Å². The van der Waals surface area contributed by atoms with Crippen molar-refractivity contribution in [3.8, 4) is 0 Å². The fourth-order valence-corrected chi connectivity index (χ4v) is 9.59. The molecule has 0 aliphatic heterocycles. The van der Waals surface area contributed by atoms with Gasteiger partial charge in [0.05, 0.1) is 12.3 Å². The summed E-state index contributed by atoms with van der Waals surface area (Å²) in [4.78, 5) is 29.4. The quantitative estimate of drug-likeness (QED) is 0.0918. The molecular formula is C37H59NO5. The second-order valence-electron chi connectivity index (χ2n) is 15.0. The summed E-state index contributed by atoms with van der Waals surface area (Å²) >= 11 is 0. The molecule has 4 aliphatic carbocycles. The Morgan fingerprint density at radius 2 is 1.84 bits per heavy atom. The van der Waals surface area contributed by atoms with E-state index in [1.54, 1.807) is 0 Å². The van der Waals surface area contributed by atoms with Crippen LogP contribution in [0.4, 0.5) is 0 Å². The summed E-state index contributed by atoms with van der Waals surface area (Å²) in [6.07, 6.45) is 19.2. The predicted molar refractivity (Wildman–Crippen MR) is 172 cm³/mol. The number of hydrogen-bond donors (Lipinski definition) is 0. The van der Waals surface area contributed by atoms with E-state index in [1.165, 1.54) is 63.5 Å². The summed E-state index contributed by atoms with van der Waals surface area (Å²) in [6.45, 7) is 16.5. The van der Waals surface area contributed by atoms with Gasteiger partial charge < -0.3 is 14.3 Å². The summed E-state index contributed by atoms with van der Waals surface area (Å²) in [7, 11) is 0. The van der Waals surface area contributed by atoms with E-state index in [9.17, 15) is 9.59 Å². The van der Waals surface area contributed by atoms with E-state index in [0.29, 0.717) is 36.4 Å². The van der Waals surface area contributed by atoms with Crippen LogP contribution < -0.4 is 0 Å². The molecule has 0 radical (unpaired) electrons. The second kappa shape index (κ2) is 14.8. The molecule has 4 rings (SSSR count). The number of allylic oxidation sites excluding steroid dienone is 2. The van der Waals surface area contributed by atoms with Gasteiger partial charge in [0, 0.05) is 25.3 Å². The van der Waals surface area contributed by atoms with E-state index >= 15 is 0 Å². The van der Waals surface area contributed by atoms with Gasteiger partial charge in [-0.1, -0.05) is 70.7 Å². The first kappa shape index (κ1) is 33.8. The van der Waals surface area contributed by atoms with Gasteiger partial charge in [-0.15, -0.1) is 0 Å². The van der Waals surface area contributed by atoms with Crippen LogP contribution in [0.2, 0.25) is 0 Å². The minimum atomic E-state index is -0.296. The van der Waals surface area contributed by atoms with E-state index in [0.717, 1.165) is 55.6 Å². The minimum Gasteiger partial charge on any atom is -0.463 e. The van der Waals surface area contributed by atoms with Crippen LogP contribution in [0.5, 0.6) is 0 Å². The molecule has 0 saturated heterocycles. The van der Waals surface area contributed by atoms with Gasteiger partial charge in [0.2, 0.25) is 0 Å². The first-order valence-corrected chi connectivity index (χ1v) is 17.4. The molecule has 0 amide bonds. The molecule has 0 aromatic heterocycles. The van der Waals surface area contributed by atoms with Gasteiger partial charge in [0.25, 0.3) is 0 Å². The highest BCUT2D eigenvalue weighted by atomic mass is 16.6. The maximum absolute atomic E-state index is 11.8. The first-order chi connectivity index (χ1) is 20.5. The van der Waals surface area contributed by atoms with Crippen molar-refractivity contribution in [2.45, 2.75) is 132 Å². The Bertz CT molecular complexity index is 1060. The lowest BCUT2D eigenvalue weighted by atomic mass is 9.46. The van der Waals surface area contributed by atoms with E-state index in [4.69, 9.17) is 19.5 Å². The van der Waals surface area contributed by atoms with E-state index in [1.807, 2.05) is 13.0 Å². The van der Waals surface area contributed by atoms with Crippen LogP contribution in [-0.2, 0) is 23.9 Å². The summed E-state index contributed by atoms with van der Waals surface area (Å²) in [5, 5.41) is 4.89. The van der Waals surface area contributed by atoms with Crippen molar-refractivity contribution in [2.75, 3.05) is 13.2 Å². The Hall–Kier alpha value is -2.11. The number of fused-ring (bicyclic) bond motifs is 5. The molecule has 6 heteroatoms. The number of carbonyl (C=O) groups is 2. The molecule has 6 nitrogen and oxygen atoms in total. The molecule has 43 heavy (non-hydrogen) atoms. The molecular weight excluding hydrogens is 538 g/mol. The SMILES string of the molecule is CCOC(=O)/C=C/CCCO/N=C1\C=C2C[C@@H](OC(C)=O)CC[C@]2(C)[C@H]2CC[C@]3(C)[C@@H]([C@H](C)CCCC(C)C)CC[C@H]3[C@H]12. The molecule has 0 aromatic rings. The fraction of sp³-hybridized carbons (Fsp3) is 0.811. The maximum atomic E-state index is 11.8. The minimum absolute atomic E-state index is 0.0434. The summed E-state index contributed by atoms with van der Waals surface area (Å²) < 4.78 is 10.7. The van der Waals surface area contributed by atoms with E-state index in [-0.39, 0.29) is 23.5 Å². The van der Waals surface area contributed by atoms with Crippen molar-refractivity contribution in [3.63, 3.8) is 0 Å². The Balaban J connectivity index is 1.53. The van der Waals surface area contributed by atoms with Crippen LogP contribution in [0.25, 0.3) is 0 Å². The molecule has 0 unspecified atom stereocenters. The first-order valence-electron chi connectivity index (χ1n) is 17.4. The standard InChI is InChI=1S/C37H59NO5/c1-8-41-34(40)15-10-9-11-22-42-38-33-24-28-23-29(43-27(5)39)18-20-36(28,6)32-19-21-37(7)30(16-17-31(37)35(32)33)26(4)14-12-13-25(2)3/h10,15,24-26,29-32,35H,8-9,11-14,16-23H2,1-7H3/b15-10+,38-33+/t26-,29+,30-,31+,32+,35+,36+,37-/m1/s1. The van der Waals surface area contributed by atoms with Gasteiger partial charge in [0.15, 0.2) is 0 Å². The zero-order valence-electron chi connectivity index (χ0n) is 28.2. The van der Waals surface area contributed by atoms with Crippen molar-refractivity contribution < 1.29 is 23.9 Å². The van der Waals surface area contributed by atoms with Crippen LogP contribution in [-0.4, -0.2) is 37.0 Å². The predicted octanol–water partition coefficient (Wildman–Crippen LogP) is 8.84. The van der Waals surface area contributed by atoms with Crippen molar-refractivity contribution in [3.05, 3.63) is 23.8 Å². The van der Waals surface area contributed by atoms with Crippen LogP contribution in [0, 0.1) is 46.3 Å². The van der Waals surface area contributed by atoms with Gasteiger partial charge in [-0.3, -0.25) is 4.79 Å². The lowest BCUT2D eigenvalue weighted by Gasteiger charge is -2.58. The molecule has 0 N–H and O–H groups in total. The fourth-order valence-electron chi connectivity index (χ4n) is 9.59. The number of ether oxygens (including phenoxy) is 2. The molecule has 0 aromatic carbocycles. The van der Waals surface area contributed by atoms with Crippen molar-refractivity contribution in [1.29, 1.82) is 0 Å². The molecule has 242 valence electrons. The topological polar surface area (TPSA) is 74.2 Å². The molecule has 0 spiro atoms. The zero-order chi connectivity index (χ0) is 31.2. The Morgan fingerprint density at radius 3 is 2.56 bits per heavy atom. The Morgan fingerprint density at radius 1 is 1.05 bits per heavy atom. The number of nitrogens with zero attached hydrogens (tertiary/aromatic N) is 1. The smallest absolute Gasteiger partial charge is 0.330 e. The third-order valence-corrected chi connectivity index (χ3v) is 11.8. The molecule has 4 aliphatic rings. The third-order valence-electron chi connectivity index (χ3n) is 11.8. The van der Waals surface area contributed by atoms with Gasteiger partial charge in [0.1, 0.15) is 12.7 Å². The van der Waals surface area contributed by atoms with Gasteiger partial charge >= 0.3 is 11.9 Å². The van der Waals surface area contributed by atoms with Crippen LogP contribution in [0.15, 0.2) is 29.0 Å². The number of hydrogen-bond acceptors (Lipinski definition) is 6. The second-order valence-corrected chi connectivity index (χ2v) is 15.0. The normalized spacial score (nSPS) is 35.2. The van der Waals surface area contributed by atoms with Crippen molar-refractivity contribution in [1.82, 2.24) is 0 Å². The number of esters is 2. The van der Waals surface area contributed by atoms with Crippen LogP contribution in [0.3, 0.4) is 0 Å². The van der Waals surface area contributed by atoms with E-state index in [2.05, 4.69) is 40.7 Å². The Kier molecular flexibility index (Phi) is 11.6. The largest absolute Gasteiger partial charge is 0.463 e. The van der Waals surface area contributed by atoms with Gasteiger partial charge in [-0.25, -0.2) is 4.79 Å². The average molecular weight is 598 g/mol. The molecule has 8 atom stereocenters. The van der Waals surface area contributed by atoms with E-state index < -0.39 is 0 Å². The van der Waals surface area contributed by atoms with Crippen LogP contribution >= 0.6 is 0 Å². The molecule has 0 bridgehead atoms. The van der Waals surface area contributed by atoms with Gasteiger partial charge in [-0.05, 0) is 105 Å². The monoisotopic (exact) mass is 597 g/mol. The van der Waals surface area contributed by atoms with Crippen LogP contribution in [0.1, 0.15) is 126 Å². The van der Waals surface area contributed by atoms with Crippen molar-refractivity contribution >= 4 is 17.7 Å². The number of oxime groups is 1. The molecule has 3 fully saturated rings. The third kappa shape index (κ3) is 7.76. The highest BCUT2D eigenvalue weighted by Crippen LogP contribution is 2.67. The summed E-state index contributed by atoms with van der Waals surface area (Å²) in [6, 6.07) is 0. The maximum Gasteiger partial charge on any atom is 0.330 e.